The zero-order valence-corrected chi connectivity index (χ0v) is 32.9. The number of imidazole rings is 2. The standard InChI is InChI=1S/C40H56N6S2/c1-13-37(5,6)43-29-25-31-32(26-30(29)44(38(7,8)14-2)35(43)33(47)41-27-21-17-18-22-27)46(40(11,12)16-4)36(45(31)39(9,10)15-3)34(48)42-28-23-19-20-24-28/h17-28H,13-16H2,1-12H3. The highest BCUT2D eigenvalue weighted by atomic mass is 32.1. The maximum Gasteiger partial charge on any atom is 0.281 e. The summed E-state index contributed by atoms with van der Waals surface area (Å²) in [5.41, 5.74) is 3.69. The Morgan fingerprint density at radius 2 is 0.917 bits per heavy atom. The molecule has 5 rings (SSSR count). The average molecular weight is 685 g/mol. The molecule has 2 heterocycles. The summed E-state index contributed by atoms with van der Waals surface area (Å²) in [6.07, 6.45) is 20.3. The van der Waals surface area contributed by atoms with Crippen molar-refractivity contribution in [2.45, 2.75) is 143 Å². The summed E-state index contributed by atoms with van der Waals surface area (Å²) in [6.45, 7) is 27.6. The lowest BCUT2D eigenvalue weighted by Gasteiger charge is -2.28. The molecule has 3 aromatic rings. The molecular weight excluding hydrogens is 629 g/mol. The molecule has 0 N–H and O–H groups in total. The predicted molar refractivity (Wildman–Crippen MR) is 208 cm³/mol. The van der Waals surface area contributed by atoms with Crippen LogP contribution in [0.1, 0.15) is 120 Å². The van der Waals surface area contributed by atoms with Crippen molar-refractivity contribution in [3.05, 3.63) is 72.4 Å². The largest absolute Gasteiger partial charge is 0.753 e. The molecule has 6 nitrogen and oxygen atoms in total. The van der Waals surface area contributed by atoms with E-state index in [-0.39, 0.29) is 34.2 Å². The van der Waals surface area contributed by atoms with Crippen LogP contribution in [0, 0.1) is 0 Å². The number of fused-ring (bicyclic) bond motifs is 2. The van der Waals surface area contributed by atoms with E-state index in [0.29, 0.717) is 10.1 Å². The summed E-state index contributed by atoms with van der Waals surface area (Å²) in [4.78, 5) is 10.2. The minimum Gasteiger partial charge on any atom is -0.753 e. The van der Waals surface area contributed by atoms with Gasteiger partial charge in [-0.1, -0.05) is 76.3 Å². The molecule has 0 bridgehead atoms. The molecule has 258 valence electrons. The molecule has 0 radical (unpaired) electrons. The predicted octanol–water partition coefficient (Wildman–Crippen LogP) is 8.33. The van der Waals surface area contributed by atoms with Gasteiger partial charge in [-0.25, -0.2) is 18.3 Å². The smallest absolute Gasteiger partial charge is 0.281 e. The van der Waals surface area contributed by atoms with Crippen LogP contribution in [-0.4, -0.2) is 31.3 Å². The first-order valence-electron chi connectivity index (χ1n) is 17.8. The van der Waals surface area contributed by atoms with Crippen molar-refractivity contribution in [1.29, 1.82) is 0 Å². The Bertz CT molecular complexity index is 1660. The summed E-state index contributed by atoms with van der Waals surface area (Å²) < 4.78 is 9.93. The van der Waals surface area contributed by atoms with Gasteiger partial charge in [0.15, 0.2) is 22.1 Å². The van der Waals surface area contributed by atoms with Crippen LogP contribution in [0.25, 0.3) is 22.1 Å². The molecule has 1 aromatic carbocycles. The van der Waals surface area contributed by atoms with Crippen molar-refractivity contribution in [2.75, 3.05) is 0 Å². The molecule has 8 heteroatoms. The van der Waals surface area contributed by atoms with Gasteiger partial charge in [0.05, 0.1) is 12.1 Å². The Hall–Kier alpha value is -3.10. The first kappa shape index (κ1) is 36.2. The van der Waals surface area contributed by atoms with Gasteiger partial charge in [-0.3, -0.25) is 9.98 Å². The Kier molecular flexibility index (Phi) is 9.78. The molecule has 2 aliphatic rings. The fraction of sp³-hybridized carbons (Fsp3) is 0.550. The number of benzene rings is 1. The molecule has 2 aliphatic carbocycles. The van der Waals surface area contributed by atoms with Gasteiger partial charge in [-0.15, -0.1) is 0 Å². The molecule has 0 saturated carbocycles. The zero-order valence-electron chi connectivity index (χ0n) is 31.3. The number of aromatic nitrogens is 4. The van der Waals surface area contributed by atoms with E-state index in [1.54, 1.807) is 0 Å². The number of nitrogens with zero attached hydrogens (tertiary/aromatic N) is 6. The molecule has 0 spiro atoms. The fourth-order valence-electron chi connectivity index (χ4n) is 6.79. The van der Waals surface area contributed by atoms with Gasteiger partial charge in [-0.05, 0) is 81.1 Å². The third-order valence-electron chi connectivity index (χ3n) is 11.1. The molecule has 0 saturated heterocycles. The van der Waals surface area contributed by atoms with Crippen LogP contribution in [0.15, 0.2) is 70.7 Å². The van der Waals surface area contributed by atoms with Crippen LogP contribution in [0.2, 0.25) is 0 Å². The molecular formula is C40H56N6S2. The molecule has 0 fully saturated rings. The van der Waals surface area contributed by atoms with Gasteiger partial charge < -0.3 is 25.3 Å². The summed E-state index contributed by atoms with van der Waals surface area (Å²) in [5.74, 6) is 1.99. The van der Waals surface area contributed by atoms with Crippen molar-refractivity contribution in [3.8, 4) is 0 Å². The van der Waals surface area contributed by atoms with Crippen molar-refractivity contribution >= 4 is 57.4 Å². The Morgan fingerprint density at radius 1 is 0.583 bits per heavy atom. The topological polar surface area (TPSA) is 42.3 Å². The second-order valence-electron chi connectivity index (χ2n) is 15.9. The summed E-state index contributed by atoms with van der Waals surface area (Å²) in [5, 5.41) is 1.27. The highest BCUT2D eigenvalue weighted by Gasteiger charge is 2.44. The second kappa shape index (κ2) is 13.0. The SMILES string of the molecule is CCC(C)(C)n1c(C([S-])=NC2C=CC=C2)[n+](C(C)(C)CC)c2cc3c(cc21)n(C(C)(C)CC)c(C([S-])=NC1C=CC=C1)[n+]3C(C)(C)CC. The maximum atomic E-state index is 6.30. The first-order valence-corrected chi connectivity index (χ1v) is 18.6. The van der Waals surface area contributed by atoms with Gasteiger partial charge in [0.1, 0.15) is 22.2 Å². The maximum absolute atomic E-state index is 6.30. The minimum absolute atomic E-state index is 0.0509. The number of hydrogen-bond acceptors (Lipinski definition) is 4. The van der Waals surface area contributed by atoms with Crippen molar-refractivity contribution < 1.29 is 9.13 Å². The van der Waals surface area contributed by atoms with Crippen molar-refractivity contribution in [2.24, 2.45) is 9.98 Å². The van der Waals surface area contributed by atoms with Gasteiger partial charge >= 0.3 is 0 Å². The van der Waals surface area contributed by atoms with Gasteiger partial charge in [0, 0.05) is 22.2 Å². The molecule has 0 amide bonds. The van der Waals surface area contributed by atoms with Crippen LogP contribution in [0.5, 0.6) is 0 Å². The van der Waals surface area contributed by atoms with E-state index < -0.39 is 0 Å². The number of rotatable bonds is 12. The molecule has 48 heavy (non-hydrogen) atoms. The summed E-state index contributed by atoms with van der Waals surface area (Å²) >= 11 is 12.6. The van der Waals surface area contributed by atoms with E-state index in [1.807, 2.05) is 0 Å². The third kappa shape index (κ3) is 6.12. The van der Waals surface area contributed by atoms with E-state index in [9.17, 15) is 0 Å². The number of hydrogen-bond donors (Lipinski definition) is 0. The second-order valence-corrected chi connectivity index (χ2v) is 16.6. The van der Waals surface area contributed by atoms with Crippen LogP contribution in [0.4, 0.5) is 0 Å². The van der Waals surface area contributed by atoms with E-state index in [0.717, 1.165) is 59.4 Å². The van der Waals surface area contributed by atoms with E-state index in [2.05, 4.69) is 162 Å². The monoisotopic (exact) mass is 684 g/mol. The van der Waals surface area contributed by atoms with Crippen molar-refractivity contribution in [3.63, 3.8) is 0 Å². The van der Waals surface area contributed by atoms with E-state index >= 15 is 0 Å². The lowest BCUT2D eigenvalue weighted by molar-refractivity contribution is -0.740. The zero-order chi connectivity index (χ0) is 35.4. The van der Waals surface area contributed by atoms with Gasteiger partial charge in [0.2, 0.25) is 0 Å². The number of aliphatic imine (C=N–C) groups is 2. The highest BCUT2D eigenvalue weighted by molar-refractivity contribution is 7.78. The lowest BCUT2D eigenvalue weighted by atomic mass is 10.00. The molecule has 0 atom stereocenters. The quantitative estimate of drug-likeness (QED) is 0.0834. The average Bonchev–Trinajstić information content (AvgIpc) is 3.85. The van der Waals surface area contributed by atoms with Crippen LogP contribution >= 0.6 is 0 Å². The van der Waals surface area contributed by atoms with Crippen LogP contribution in [0.3, 0.4) is 0 Å². The third-order valence-corrected chi connectivity index (χ3v) is 11.7. The summed E-state index contributed by atoms with van der Waals surface area (Å²) in [7, 11) is 0. The molecule has 0 aliphatic heterocycles. The van der Waals surface area contributed by atoms with E-state index in [4.69, 9.17) is 35.2 Å². The highest BCUT2D eigenvalue weighted by Crippen LogP contribution is 2.36. The molecule has 2 aromatic heterocycles. The molecule has 0 unspecified atom stereocenters. The Labute approximate surface area is 300 Å². The van der Waals surface area contributed by atoms with E-state index in [1.165, 1.54) is 0 Å². The van der Waals surface area contributed by atoms with Gasteiger partial charge in [0.25, 0.3) is 11.6 Å². The van der Waals surface area contributed by atoms with Gasteiger partial charge in [-0.2, -0.15) is 0 Å². The normalized spacial score (nSPS) is 17.0. The first-order chi connectivity index (χ1) is 22.5. The fourth-order valence-corrected chi connectivity index (χ4v) is 7.40. The van der Waals surface area contributed by atoms with Crippen LogP contribution in [-0.2, 0) is 47.4 Å². The lowest BCUT2D eigenvalue weighted by Crippen LogP contribution is -2.57. The Morgan fingerprint density at radius 3 is 1.21 bits per heavy atom. The minimum atomic E-state index is -0.234. The Balaban J connectivity index is 2.05. The summed E-state index contributed by atoms with van der Waals surface area (Å²) in [6, 6.07) is 4.72. The van der Waals surface area contributed by atoms with Crippen LogP contribution < -0.4 is 9.13 Å². The number of allylic oxidation sites excluding steroid dienone is 4. The van der Waals surface area contributed by atoms with Crippen molar-refractivity contribution in [1.82, 2.24) is 9.13 Å².